The number of benzene rings is 2. The van der Waals surface area contributed by atoms with Gasteiger partial charge in [0.2, 0.25) is 5.91 Å². The van der Waals surface area contributed by atoms with Crippen molar-refractivity contribution in [3.05, 3.63) is 65.5 Å². The molecule has 5 rings (SSSR count). The Morgan fingerprint density at radius 2 is 1.71 bits per heavy atom. The second-order valence-electron chi connectivity index (χ2n) is 8.50. The van der Waals surface area contributed by atoms with Gasteiger partial charge in [-0.1, -0.05) is 30.3 Å². The zero-order chi connectivity index (χ0) is 23.5. The lowest BCUT2D eigenvalue weighted by molar-refractivity contribution is -0.119. The number of nitrogens with one attached hydrogen (secondary N) is 3. The van der Waals surface area contributed by atoms with Crippen LogP contribution in [0.25, 0.3) is 11.3 Å². The minimum atomic E-state index is -0.541. The highest BCUT2D eigenvalue weighted by molar-refractivity contribution is 7.14. The summed E-state index contributed by atoms with van der Waals surface area (Å²) in [7, 11) is 0. The number of nitrogens with zero attached hydrogens (tertiary/aromatic N) is 2. The lowest BCUT2D eigenvalue weighted by atomic mass is 10.1. The lowest BCUT2D eigenvalue weighted by Crippen LogP contribution is -2.45. The van der Waals surface area contributed by atoms with Gasteiger partial charge in [0.1, 0.15) is 6.04 Å². The number of amides is 4. The SMILES string of the molecule is O=C(NC1CC1)c1ccc(-c2csc(NC(=O)C3CCCN3C(=O)Nc3ccccc3)n2)cc1. The lowest BCUT2D eigenvalue weighted by Gasteiger charge is -2.23. The van der Waals surface area contributed by atoms with Gasteiger partial charge in [-0.25, -0.2) is 9.78 Å². The number of carbonyl (C=O) groups is 3. The molecule has 2 heterocycles. The number of carbonyl (C=O) groups excluding carboxylic acids is 3. The van der Waals surface area contributed by atoms with E-state index in [9.17, 15) is 14.4 Å². The average molecular weight is 476 g/mol. The normalized spacial score (nSPS) is 17.3. The molecular formula is C25H25N5O3S. The summed E-state index contributed by atoms with van der Waals surface area (Å²) in [4.78, 5) is 43.9. The molecule has 8 nitrogen and oxygen atoms in total. The fraction of sp³-hybridized carbons (Fsp3) is 0.280. The van der Waals surface area contributed by atoms with Gasteiger partial charge in [0.25, 0.3) is 5.91 Å². The maximum Gasteiger partial charge on any atom is 0.322 e. The van der Waals surface area contributed by atoms with Gasteiger partial charge in [-0.05, 0) is 49.9 Å². The summed E-state index contributed by atoms with van der Waals surface area (Å²) in [5.41, 5.74) is 2.90. The van der Waals surface area contributed by atoms with Gasteiger partial charge < -0.3 is 20.9 Å². The number of aromatic nitrogens is 1. The van der Waals surface area contributed by atoms with E-state index >= 15 is 0 Å². The Balaban J connectivity index is 1.20. The maximum atomic E-state index is 12.9. The maximum absolute atomic E-state index is 12.9. The molecule has 0 bridgehead atoms. The van der Waals surface area contributed by atoms with Crippen molar-refractivity contribution in [2.24, 2.45) is 0 Å². The highest BCUT2D eigenvalue weighted by Crippen LogP contribution is 2.27. The van der Waals surface area contributed by atoms with E-state index < -0.39 is 6.04 Å². The smallest absolute Gasteiger partial charge is 0.322 e. The standard InChI is InChI=1S/C25H25N5O3S/c31-22(26-19-12-13-19)17-10-8-16(9-11-17)20-15-34-24(28-20)29-23(32)21-7-4-14-30(21)25(33)27-18-5-2-1-3-6-18/h1-3,5-6,8-11,15,19,21H,4,7,12-14H2,(H,26,31)(H,27,33)(H,28,29,32). The van der Waals surface area contributed by atoms with E-state index in [1.807, 2.05) is 47.8 Å². The molecule has 3 aromatic rings. The first-order valence-electron chi connectivity index (χ1n) is 11.4. The summed E-state index contributed by atoms with van der Waals surface area (Å²) in [6, 6.07) is 16.0. The van der Waals surface area contributed by atoms with Crippen molar-refractivity contribution in [3.63, 3.8) is 0 Å². The van der Waals surface area contributed by atoms with Crippen molar-refractivity contribution >= 4 is 40.0 Å². The summed E-state index contributed by atoms with van der Waals surface area (Å²) in [6.45, 7) is 0.528. The van der Waals surface area contributed by atoms with Gasteiger partial charge in [-0.3, -0.25) is 9.59 Å². The molecule has 3 N–H and O–H groups in total. The number of rotatable bonds is 6. The van der Waals surface area contributed by atoms with Crippen LogP contribution in [0.2, 0.25) is 0 Å². The van der Waals surface area contributed by atoms with Crippen LogP contribution in [0, 0.1) is 0 Å². The van der Waals surface area contributed by atoms with Gasteiger partial charge in [0.05, 0.1) is 5.69 Å². The highest BCUT2D eigenvalue weighted by Gasteiger charge is 2.34. The van der Waals surface area contributed by atoms with Crippen LogP contribution in [-0.2, 0) is 4.79 Å². The van der Waals surface area contributed by atoms with Crippen molar-refractivity contribution < 1.29 is 14.4 Å². The third-order valence-corrected chi connectivity index (χ3v) is 6.69. The molecule has 1 saturated heterocycles. The number of hydrogen-bond donors (Lipinski definition) is 3. The van der Waals surface area contributed by atoms with Crippen LogP contribution in [0.15, 0.2) is 60.0 Å². The second-order valence-corrected chi connectivity index (χ2v) is 9.36. The summed E-state index contributed by atoms with van der Waals surface area (Å²) in [5.74, 6) is -0.300. The summed E-state index contributed by atoms with van der Waals surface area (Å²) < 4.78 is 0. The molecule has 9 heteroatoms. The van der Waals surface area contributed by atoms with Crippen molar-refractivity contribution in [2.45, 2.75) is 37.8 Å². The van der Waals surface area contributed by atoms with Crippen LogP contribution in [0.1, 0.15) is 36.0 Å². The second kappa shape index (κ2) is 9.64. The van der Waals surface area contributed by atoms with Crippen molar-refractivity contribution in [1.82, 2.24) is 15.2 Å². The largest absolute Gasteiger partial charge is 0.349 e. The zero-order valence-corrected chi connectivity index (χ0v) is 19.3. The number of hydrogen-bond acceptors (Lipinski definition) is 5. The number of para-hydroxylation sites is 1. The zero-order valence-electron chi connectivity index (χ0n) is 18.5. The average Bonchev–Trinajstić information content (AvgIpc) is 3.32. The molecule has 1 saturated carbocycles. The molecule has 0 radical (unpaired) electrons. The first kappa shape index (κ1) is 22.1. The molecule has 1 aliphatic heterocycles. The van der Waals surface area contributed by atoms with Crippen molar-refractivity contribution in [2.75, 3.05) is 17.2 Å². The molecule has 1 aromatic heterocycles. The molecule has 1 aliphatic carbocycles. The molecule has 174 valence electrons. The van der Waals surface area contributed by atoms with Crippen LogP contribution < -0.4 is 16.0 Å². The molecule has 1 unspecified atom stereocenters. The molecular weight excluding hydrogens is 450 g/mol. The van der Waals surface area contributed by atoms with Crippen molar-refractivity contribution in [1.29, 1.82) is 0 Å². The Morgan fingerprint density at radius 1 is 0.941 bits per heavy atom. The number of thiazole rings is 1. The predicted molar refractivity (Wildman–Crippen MR) is 132 cm³/mol. The van der Waals surface area contributed by atoms with E-state index in [4.69, 9.17) is 0 Å². The number of anilines is 2. The predicted octanol–water partition coefficient (Wildman–Crippen LogP) is 4.34. The van der Waals surface area contributed by atoms with Crippen LogP contribution in [0.4, 0.5) is 15.6 Å². The highest BCUT2D eigenvalue weighted by atomic mass is 32.1. The summed E-state index contributed by atoms with van der Waals surface area (Å²) >= 11 is 1.33. The Kier molecular flexibility index (Phi) is 6.27. The monoisotopic (exact) mass is 475 g/mol. The molecule has 34 heavy (non-hydrogen) atoms. The molecule has 1 atom stereocenters. The van der Waals surface area contributed by atoms with E-state index in [-0.39, 0.29) is 17.8 Å². The van der Waals surface area contributed by atoms with Gasteiger partial charge in [0.15, 0.2) is 5.13 Å². The van der Waals surface area contributed by atoms with Crippen LogP contribution in [0.3, 0.4) is 0 Å². The third kappa shape index (κ3) is 5.09. The third-order valence-electron chi connectivity index (χ3n) is 5.93. The molecule has 2 aromatic carbocycles. The van der Waals surface area contributed by atoms with Gasteiger partial charge in [-0.15, -0.1) is 11.3 Å². The molecule has 2 aliphatic rings. The number of likely N-dealkylation sites (tertiary alicyclic amines) is 1. The van der Waals surface area contributed by atoms with E-state index in [0.717, 1.165) is 30.5 Å². The Labute approximate surface area is 201 Å². The van der Waals surface area contributed by atoms with Crippen LogP contribution in [0.5, 0.6) is 0 Å². The first-order valence-corrected chi connectivity index (χ1v) is 12.2. The van der Waals surface area contributed by atoms with Crippen molar-refractivity contribution in [3.8, 4) is 11.3 Å². The fourth-order valence-corrected chi connectivity index (χ4v) is 4.66. The van der Waals surface area contributed by atoms with Crippen LogP contribution in [-0.4, -0.2) is 46.4 Å². The summed E-state index contributed by atoms with van der Waals surface area (Å²) in [5, 5.41) is 11.0. The number of urea groups is 1. The van der Waals surface area contributed by atoms with E-state index in [1.54, 1.807) is 17.0 Å². The van der Waals surface area contributed by atoms with E-state index in [2.05, 4.69) is 20.9 Å². The van der Waals surface area contributed by atoms with E-state index in [1.165, 1.54) is 11.3 Å². The minimum absolute atomic E-state index is 0.0577. The van der Waals surface area contributed by atoms with Gasteiger partial charge >= 0.3 is 6.03 Å². The Morgan fingerprint density at radius 3 is 2.44 bits per heavy atom. The van der Waals surface area contributed by atoms with Gasteiger partial charge in [0, 0.05) is 34.8 Å². The molecule has 2 fully saturated rings. The quantitative estimate of drug-likeness (QED) is 0.493. The molecule has 0 spiro atoms. The minimum Gasteiger partial charge on any atom is -0.349 e. The van der Waals surface area contributed by atoms with Crippen LogP contribution >= 0.6 is 11.3 Å². The molecule has 4 amide bonds. The topological polar surface area (TPSA) is 103 Å². The summed E-state index contributed by atoms with van der Waals surface area (Å²) in [6.07, 6.45) is 3.47. The fourth-order valence-electron chi connectivity index (χ4n) is 3.94. The van der Waals surface area contributed by atoms with Gasteiger partial charge in [-0.2, -0.15) is 0 Å². The van der Waals surface area contributed by atoms with E-state index in [0.29, 0.717) is 35.4 Å². The Hall–Kier alpha value is -3.72. The Bertz CT molecular complexity index is 1190. The first-order chi connectivity index (χ1) is 16.6.